The van der Waals surface area contributed by atoms with Crippen LogP contribution in [0.4, 0.5) is 29.3 Å². The number of nitrogens with one attached hydrogen (secondary N) is 1. The lowest BCUT2D eigenvalue weighted by atomic mass is 10.2. The van der Waals surface area contributed by atoms with Crippen LogP contribution < -0.4 is 24.4 Å². The summed E-state index contributed by atoms with van der Waals surface area (Å²) < 4.78 is 59.2. The molecular formula is C27H24F3N3O4. The van der Waals surface area contributed by atoms with Crippen LogP contribution >= 0.6 is 0 Å². The first-order valence-electron chi connectivity index (χ1n) is 11.2. The summed E-state index contributed by atoms with van der Waals surface area (Å²) in [6.07, 6.45) is 1.55. The number of carbonyl (C=O) groups excluding carboxylic acids is 1. The minimum Gasteiger partial charge on any atom is -0.493 e. The first-order chi connectivity index (χ1) is 17.7. The van der Waals surface area contributed by atoms with Crippen molar-refractivity contribution in [1.82, 2.24) is 4.98 Å². The summed E-state index contributed by atoms with van der Waals surface area (Å²) in [7, 11) is 3.03. The number of fused-ring (bicyclic) bond motifs is 1. The third-order valence-corrected chi connectivity index (χ3v) is 5.52. The maximum Gasteiger partial charge on any atom is 0.326 e. The summed E-state index contributed by atoms with van der Waals surface area (Å²) in [4.78, 5) is 18.3. The summed E-state index contributed by atoms with van der Waals surface area (Å²) in [6, 6.07) is 10.5. The van der Waals surface area contributed by atoms with Crippen LogP contribution in [0, 0.1) is 17.5 Å². The number of anilines is 2. The van der Waals surface area contributed by atoms with Gasteiger partial charge in [0, 0.05) is 35.8 Å². The van der Waals surface area contributed by atoms with E-state index >= 15 is 0 Å². The standard InChI is InChI=1S/C27H24F3N3O4/c1-15(2)33(23-8-5-16(28)11-20(23)30)27(34)32-21-7-6-17(12-19(21)29)37-24-9-10-31-22-14-26(36-4)25(35-3)13-18(22)24/h5-15H,1-4H3,(H,32,34). The molecule has 0 radical (unpaired) electrons. The molecule has 1 N–H and O–H groups in total. The van der Waals surface area contributed by atoms with E-state index in [1.165, 1.54) is 26.4 Å². The second-order valence-corrected chi connectivity index (χ2v) is 8.27. The van der Waals surface area contributed by atoms with E-state index in [9.17, 15) is 18.0 Å². The van der Waals surface area contributed by atoms with Gasteiger partial charge >= 0.3 is 6.03 Å². The Hall–Kier alpha value is -4.47. The van der Waals surface area contributed by atoms with Crippen LogP contribution in [0.1, 0.15) is 13.8 Å². The molecule has 0 saturated carbocycles. The van der Waals surface area contributed by atoms with Crippen LogP contribution in [0.2, 0.25) is 0 Å². The van der Waals surface area contributed by atoms with E-state index in [1.54, 1.807) is 38.2 Å². The van der Waals surface area contributed by atoms with E-state index in [1.807, 2.05) is 0 Å². The van der Waals surface area contributed by atoms with E-state index in [0.29, 0.717) is 34.2 Å². The Bertz CT molecular complexity index is 1460. The van der Waals surface area contributed by atoms with Gasteiger partial charge in [-0.3, -0.25) is 9.88 Å². The largest absolute Gasteiger partial charge is 0.493 e. The number of ether oxygens (including phenoxy) is 3. The number of amides is 2. The Balaban J connectivity index is 1.58. The highest BCUT2D eigenvalue weighted by Crippen LogP contribution is 2.37. The molecule has 0 spiro atoms. The van der Waals surface area contributed by atoms with Gasteiger partial charge in [0.1, 0.15) is 29.0 Å². The molecule has 7 nitrogen and oxygen atoms in total. The number of rotatable bonds is 7. The van der Waals surface area contributed by atoms with E-state index in [-0.39, 0.29) is 17.1 Å². The topological polar surface area (TPSA) is 72.9 Å². The molecule has 4 aromatic rings. The summed E-state index contributed by atoms with van der Waals surface area (Å²) in [5, 5.41) is 3.05. The lowest BCUT2D eigenvalue weighted by molar-refractivity contribution is 0.255. The predicted octanol–water partition coefficient (Wildman–Crippen LogP) is 6.91. The zero-order valence-electron chi connectivity index (χ0n) is 20.5. The van der Waals surface area contributed by atoms with Crippen molar-refractivity contribution in [2.75, 3.05) is 24.4 Å². The van der Waals surface area contributed by atoms with E-state index in [0.717, 1.165) is 23.1 Å². The van der Waals surface area contributed by atoms with Gasteiger partial charge in [-0.15, -0.1) is 0 Å². The number of nitrogens with zero attached hydrogens (tertiary/aromatic N) is 2. The normalized spacial score (nSPS) is 10.9. The average Bonchev–Trinajstić information content (AvgIpc) is 2.86. The molecule has 2 amide bonds. The molecule has 0 aliphatic heterocycles. The Labute approximate surface area is 211 Å². The first-order valence-corrected chi connectivity index (χ1v) is 11.2. The molecular weight excluding hydrogens is 487 g/mol. The molecule has 3 aromatic carbocycles. The van der Waals surface area contributed by atoms with Gasteiger partial charge in [0.15, 0.2) is 11.5 Å². The van der Waals surface area contributed by atoms with Gasteiger partial charge in [-0.2, -0.15) is 0 Å². The van der Waals surface area contributed by atoms with E-state index in [4.69, 9.17) is 14.2 Å². The number of pyridine rings is 1. The molecule has 0 saturated heterocycles. The molecule has 0 bridgehead atoms. The molecule has 4 rings (SSSR count). The average molecular weight is 512 g/mol. The van der Waals surface area contributed by atoms with Crippen molar-refractivity contribution < 1.29 is 32.2 Å². The molecule has 0 atom stereocenters. The molecule has 37 heavy (non-hydrogen) atoms. The number of halogens is 3. The van der Waals surface area contributed by atoms with Gasteiger partial charge in [0.25, 0.3) is 0 Å². The highest BCUT2D eigenvalue weighted by molar-refractivity contribution is 6.02. The highest BCUT2D eigenvalue weighted by atomic mass is 19.1. The molecule has 0 fully saturated rings. The van der Waals surface area contributed by atoms with Crippen molar-refractivity contribution in [1.29, 1.82) is 0 Å². The number of urea groups is 1. The minimum atomic E-state index is -0.910. The maximum atomic E-state index is 15.0. The van der Waals surface area contributed by atoms with Crippen molar-refractivity contribution in [2.45, 2.75) is 19.9 Å². The van der Waals surface area contributed by atoms with Crippen molar-refractivity contribution in [3.8, 4) is 23.0 Å². The third-order valence-electron chi connectivity index (χ3n) is 5.52. The van der Waals surface area contributed by atoms with Crippen LogP contribution in [-0.4, -0.2) is 31.3 Å². The van der Waals surface area contributed by atoms with Gasteiger partial charge in [-0.25, -0.2) is 18.0 Å². The molecule has 0 aliphatic rings. The van der Waals surface area contributed by atoms with Gasteiger partial charge < -0.3 is 19.5 Å². The fourth-order valence-corrected chi connectivity index (χ4v) is 3.80. The second kappa shape index (κ2) is 10.7. The summed E-state index contributed by atoms with van der Waals surface area (Å²) in [5.41, 5.74) is 0.309. The molecule has 10 heteroatoms. The fraction of sp³-hybridized carbons (Fsp3) is 0.185. The van der Waals surface area contributed by atoms with Crippen LogP contribution in [-0.2, 0) is 0 Å². The summed E-state index contributed by atoms with van der Waals surface area (Å²) >= 11 is 0. The van der Waals surface area contributed by atoms with Crippen LogP contribution in [0.3, 0.4) is 0 Å². The third kappa shape index (κ3) is 5.37. The smallest absolute Gasteiger partial charge is 0.326 e. The Morgan fingerprint density at radius 2 is 1.62 bits per heavy atom. The van der Waals surface area contributed by atoms with Crippen molar-refractivity contribution in [3.05, 3.63) is 78.2 Å². The molecule has 0 aliphatic carbocycles. The van der Waals surface area contributed by atoms with Crippen LogP contribution in [0.5, 0.6) is 23.0 Å². The van der Waals surface area contributed by atoms with Crippen LogP contribution in [0.15, 0.2) is 60.8 Å². The number of hydrogen-bond acceptors (Lipinski definition) is 5. The zero-order valence-corrected chi connectivity index (χ0v) is 20.5. The maximum absolute atomic E-state index is 15.0. The van der Waals surface area contributed by atoms with Gasteiger partial charge in [-0.1, -0.05) is 0 Å². The number of carbonyl (C=O) groups is 1. The molecule has 192 valence electrons. The fourth-order valence-electron chi connectivity index (χ4n) is 3.80. The van der Waals surface area contributed by atoms with Gasteiger partial charge in [0.2, 0.25) is 0 Å². The molecule has 1 heterocycles. The van der Waals surface area contributed by atoms with Crippen molar-refractivity contribution in [2.24, 2.45) is 0 Å². The first kappa shape index (κ1) is 25.6. The van der Waals surface area contributed by atoms with Crippen molar-refractivity contribution in [3.63, 3.8) is 0 Å². The lowest BCUT2D eigenvalue weighted by Crippen LogP contribution is -2.41. The lowest BCUT2D eigenvalue weighted by Gasteiger charge is -2.27. The number of benzene rings is 3. The van der Waals surface area contributed by atoms with Gasteiger partial charge in [-0.05, 0) is 50.2 Å². The monoisotopic (exact) mass is 511 g/mol. The zero-order chi connectivity index (χ0) is 26.7. The molecule has 0 unspecified atom stereocenters. The van der Waals surface area contributed by atoms with E-state index in [2.05, 4.69) is 10.3 Å². The van der Waals surface area contributed by atoms with Crippen LogP contribution in [0.25, 0.3) is 10.9 Å². The summed E-state index contributed by atoms with van der Waals surface area (Å²) in [6.45, 7) is 3.30. The SMILES string of the molecule is COc1cc2nccc(Oc3ccc(NC(=O)N(c4ccc(F)cc4F)C(C)C)c(F)c3)c2cc1OC. The predicted molar refractivity (Wildman–Crippen MR) is 134 cm³/mol. The quantitative estimate of drug-likeness (QED) is 0.292. The number of hydrogen-bond donors (Lipinski definition) is 1. The second-order valence-electron chi connectivity index (χ2n) is 8.27. The summed E-state index contributed by atoms with van der Waals surface area (Å²) in [5.74, 6) is -0.903. The van der Waals surface area contributed by atoms with Crippen molar-refractivity contribution >= 4 is 28.3 Å². The number of aromatic nitrogens is 1. The Kier molecular flexibility index (Phi) is 7.37. The van der Waals surface area contributed by atoms with Gasteiger partial charge in [0.05, 0.1) is 31.1 Å². The Morgan fingerprint density at radius 1 is 0.892 bits per heavy atom. The number of methoxy groups -OCH3 is 2. The van der Waals surface area contributed by atoms with E-state index < -0.39 is 29.5 Å². The molecule has 1 aromatic heterocycles. The Morgan fingerprint density at radius 3 is 2.27 bits per heavy atom. The highest BCUT2D eigenvalue weighted by Gasteiger charge is 2.23. The minimum absolute atomic E-state index is 0.133.